The van der Waals surface area contributed by atoms with Crippen LogP contribution in [0.5, 0.6) is 0 Å². The molecule has 2 rings (SSSR count). The molecule has 3 nitrogen and oxygen atoms in total. The van der Waals surface area contributed by atoms with Gasteiger partial charge in [0.15, 0.2) is 0 Å². The van der Waals surface area contributed by atoms with Crippen LogP contribution in [-0.2, 0) is 0 Å². The molecule has 0 radical (unpaired) electrons. The number of aromatic nitrogens is 2. The summed E-state index contributed by atoms with van der Waals surface area (Å²) in [4.78, 5) is 7.19. The zero-order valence-electron chi connectivity index (χ0n) is 7.93. The standard InChI is InChI=1S/C7H8N2O.C2H6/c1-4-3-6-7(10-4)9-5(2)8-6;1-2/h3H,1-2H3,(H,8,9);1-2H3. The van der Waals surface area contributed by atoms with E-state index in [-0.39, 0.29) is 0 Å². The first-order chi connectivity index (χ1) is 5.75. The largest absolute Gasteiger partial charge is 0.442 e. The van der Waals surface area contributed by atoms with Gasteiger partial charge in [0.05, 0.1) is 0 Å². The summed E-state index contributed by atoms with van der Waals surface area (Å²) >= 11 is 0. The van der Waals surface area contributed by atoms with Gasteiger partial charge in [-0.05, 0) is 13.8 Å². The number of hydrogen-bond donors (Lipinski definition) is 1. The van der Waals surface area contributed by atoms with Gasteiger partial charge in [-0.2, -0.15) is 4.98 Å². The lowest BCUT2D eigenvalue weighted by Crippen LogP contribution is -1.70. The van der Waals surface area contributed by atoms with Crippen LogP contribution in [0.1, 0.15) is 25.4 Å². The third-order valence-corrected chi connectivity index (χ3v) is 1.42. The van der Waals surface area contributed by atoms with E-state index in [1.807, 2.05) is 33.8 Å². The van der Waals surface area contributed by atoms with Crippen LogP contribution in [0.3, 0.4) is 0 Å². The van der Waals surface area contributed by atoms with Gasteiger partial charge in [0.1, 0.15) is 17.1 Å². The Hall–Kier alpha value is -1.25. The molecule has 0 aliphatic rings. The molecule has 2 heterocycles. The first kappa shape index (κ1) is 8.84. The van der Waals surface area contributed by atoms with Crippen LogP contribution in [0.2, 0.25) is 0 Å². The number of aryl methyl sites for hydroxylation is 2. The van der Waals surface area contributed by atoms with Gasteiger partial charge < -0.3 is 9.40 Å². The van der Waals surface area contributed by atoms with Gasteiger partial charge in [0.25, 0.3) is 0 Å². The predicted molar refractivity (Wildman–Crippen MR) is 49.2 cm³/mol. The Bertz CT molecular complexity index is 296. The molecule has 0 saturated heterocycles. The van der Waals surface area contributed by atoms with Crippen molar-refractivity contribution >= 4 is 11.2 Å². The fourth-order valence-corrected chi connectivity index (χ4v) is 1.05. The second-order valence-corrected chi connectivity index (χ2v) is 2.40. The Morgan fingerprint density at radius 1 is 1.33 bits per heavy atom. The van der Waals surface area contributed by atoms with Gasteiger partial charge in [-0.1, -0.05) is 13.8 Å². The first-order valence-corrected chi connectivity index (χ1v) is 4.18. The van der Waals surface area contributed by atoms with Crippen molar-refractivity contribution in [1.29, 1.82) is 0 Å². The molecule has 3 heteroatoms. The third kappa shape index (κ3) is 1.49. The SMILES string of the molecule is CC.Cc1nc2oc(C)cc2[nH]1. The molecule has 0 unspecified atom stereocenters. The summed E-state index contributed by atoms with van der Waals surface area (Å²) in [5.41, 5.74) is 1.69. The molecule has 0 bridgehead atoms. The lowest BCUT2D eigenvalue weighted by molar-refractivity contribution is 0.568. The molecule has 66 valence electrons. The molecule has 1 N–H and O–H groups in total. The molecule has 0 saturated carbocycles. The van der Waals surface area contributed by atoms with E-state index in [1.54, 1.807) is 0 Å². The van der Waals surface area contributed by atoms with E-state index < -0.39 is 0 Å². The van der Waals surface area contributed by atoms with Crippen molar-refractivity contribution in [1.82, 2.24) is 9.97 Å². The molecule has 2 aromatic heterocycles. The topological polar surface area (TPSA) is 41.8 Å². The fourth-order valence-electron chi connectivity index (χ4n) is 1.05. The van der Waals surface area contributed by atoms with Crippen molar-refractivity contribution in [3.05, 3.63) is 17.7 Å². The number of nitrogens with one attached hydrogen (secondary N) is 1. The molecule has 12 heavy (non-hydrogen) atoms. The second-order valence-electron chi connectivity index (χ2n) is 2.40. The maximum Gasteiger partial charge on any atom is 0.244 e. The molecule has 0 spiro atoms. The number of fused-ring (bicyclic) bond motifs is 1. The van der Waals surface area contributed by atoms with E-state index in [4.69, 9.17) is 4.42 Å². The van der Waals surface area contributed by atoms with Gasteiger partial charge >= 0.3 is 0 Å². The van der Waals surface area contributed by atoms with Crippen LogP contribution in [-0.4, -0.2) is 9.97 Å². The Morgan fingerprint density at radius 2 is 2.00 bits per heavy atom. The highest BCUT2D eigenvalue weighted by Gasteiger charge is 2.02. The number of aromatic amines is 1. The lowest BCUT2D eigenvalue weighted by Gasteiger charge is -1.77. The molecular weight excluding hydrogens is 152 g/mol. The normalized spacial score (nSPS) is 9.67. The molecule has 0 aromatic carbocycles. The minimum absolute atomic E-state index is 0.704. The highest BCUT2D eigenvalue weighted by Crippen LogP contribution is 2.14. The summed E-state index contributed by atoms with van der Waals surface area (Å²) in [5.74, 6) is 1.79. The molecular formula is C9H14N2O. The Balaban J connectivity index is 0.000000336. The van der Waals surface area contributed by atoms with Crippen LogP contribution in [0, 0.1) is 13.8 Å². The summed E-state index contributed by atoms with van der Waals surface area (Å²) in [5, 5.41) is 0. The monoisotopic (exact) mass is 166 g/mol. The Labute approximate surface area is 71.8 Å². The smallest absolute Gasteiger partial charge is 0.244 e. The predicted octanol–water partition coefficient (Wildman–Crippen LogP) is 2.80. The van der Waals surface area contributed by atoms with E-state index >= 15 is 0 Å². The van der Waals surface area contributed by atoms with Gasteiger partial charge in [0.2, 0.25) is 5.71 Å². The van der Waals surface area contributed by atoms with Gasteiger partial charge in [-0.25, -0.2) is 0 Å². The van der Waals surface area contributed by atoms with Crippen molar-refractivity contribution in [2.24, 2.45) is 0 Å². The zero-order chi connectivity index (χ0) is 9.14. The van der Waals surface area contributed by atoms with E-state index in [0.717, 1.165) is 17.1 Å². The van der Waals surface area contributed by atoms with Crippen LogP contribution in [0.25, 0.3) is 11.2 Å². The van der Waals surface area contributed by atoms with Crippen molar-refractivity contribution in [2.75, 3.05) is 0 Å². The number of furan rings is 1. The minimum Gasteiger partial charge on any atom is -0.442 e. The lowest BCUT2D eigenvalue weighted by atomic mass is 10.5. The molecule has 0 aliphatic carbocycles. The van der Waals surface area contributed by atoms with E-state index in [0.29, 0.717) is 5.71 Å². The number of hydrogen-bond acceptors (Lipinski definition) is 2. The maximum absolute atomic E-state index is 5.25. The quantitative estimate of drug-likeness (QED) is 0.653. The fraction of sp³-hybridized carbons (Fsp3) is 0.444. The molecule has 0 amide bonds. The summed E-state index contributed by atoms with van der Waals surface area (Å²) in [6.07, 6.45) is 0. The van der Waals surface area contributed by atoms with Crippen molar-refractivity contribution in [2.45, 2.75) is 27.7 Å². The molecule has 0 fully saturated rings. The number of rotatable bonds is 0. The molecule has 0 aliphatic heterocycles. The van der Waals surface area contributed by atoms with E-state index in [9.17, 15) is 0 Å². The summed E-state index contributed by atoms with van der Waals surface area (Å²) in [6, 6.07) is 1.94. The van der Waals surface area contributed by atoms with Gasteiger partial charge in [0, 0.05) is 6.07 Å². The molecule has 2 aromatic rings. The Morgan fingerprint density at radius 3 is 2.58 bits per heavy atom. The van der Waals surface area contributed by atoms with Crippen LogP contribution < -0.4 is 0 Å². The average molecular weight is 166 g/mol. The number of nitrogens with zero attached hydrogens (tertiary/aromatic N) is 1. The van der Waals surface area contributed by atoms with Crippen LogP contribution in [0.15, 0.2) is 10.5 Å². The summed E-state index contributed by atoms with van der Waals surface area (Å²) in [7, 11) is 0. The average Bonchev–Trinajstić information content (AvgIpc) is 2.48. The number of imidazole rings is 1. The summed E-state index contributed by atoms with van der Waals surface area (Å²) in [6.45, 7) is 7.82. The minimum atomic E-state index is 0.704. The van der Waals surface area contributed by atoms with E-state index in [1.165, 1.54) is 0 Å². The highest BCUT2D eigenvalue weighted by molar-refractivity contribution is 5.69. The summed E-state index contributed by atoms with van der Waals surface area (Å²) < 4.78 is 5.25. The van der Waals surface area contributed by atoms with Gasteiger partial charge in [-0.3, -0.25) is 0 Å². The van der Waals surface area contributed by atoms with Crippen molar-refractivity contribution < 1.29 is 4.42 Å². The van der Waals surface area contributed by atoms with E-state index in [2.05, 4.69) is 9.97 Å². The third-order valence-electron chi connectivity index (χ3n) is 1.42. The second kappa shape index (κ2) is 3.43. The first-order valence-electron chi connectivity index (χ1n) is 4.18. The maximum atomic E-state index is 5.25. The van der Waals surface area contributed by atoms with Crippen molar-refractivity contribution in [3.8, 4) is 0 Å². The number of H-pyrrole nitrogens is 1. The molecule has 0 atom stereocenters. The highest BCUT2D eigenvalue weighted by atomic mass is 16.3. The van der Waals surface area contributed by atoms with Crippen molar-refractivity contribution in [3.63, 3.8) is 0 Å². The Kier molecular flexibility index (Phi) is 2.53. The van der Waals surface area contributed by atoms with Crippen LogP contribution in [0.4, 0.5) is 0 Å². The zero-order valence-corrected chi connectivity index (χ0v) is 7.93. The van der Waals surface area contributed by atoms with Gasteiger partial charge in [-0.15, -0.1) is 0 Å². The van der Waals surface area contributed by atoms with Crippen LogP contribution >= 0.6 is 0 Å².